The fraction of sp³-hybridized carbons (Fsp3) is 0.857. The average molecular weight is 284 g/mol. The van der Waals surface area contributed by atoms with Crippen molar-refractivity contribution in [1.29, 1.82) is 0 Å². The van der Waals surface area contributed by atoms with Crippen molar-refractivity contribution in [3.05, 3.63) is 0 Å². The molecule has 3 nitrogen and oxygen atoms in total. The van der Waals surface area contributed by atoms with Crippen molar-refractivity contribution >= 4 is 52.6 Å². The molecule has 0 radical (unpaired) electrons. The van der Waals surface area contributed by atoms with Gasteiger partial charge < -0.3 is 9.47 Å². The van der Waals surface area contributed by atoms with E-state index in [1.807, 2.05) is 0 Å². The van der Waals surface area contributed by atoms with Gasteiger partial charge in [0.2, 0.25) is 0 Å². The maximum atomic E-state index is 10.8. The van der Waals surface area contributed by atoms with Crippen molar-refractivity contribution in [2.75, 3.05) is 13.2 Å². The van der Waals surface area contributed by atoms with E-state index in [0.717, 1.165) is 0 Å². The number of halogens is 4. The summed E-state index contributed by atoms with van der Waals surface area (Å²) in [6.45, 7) is 0.253. The Morgan fingerprint density at radius 1 is 0.929 bits per heavy atom. The van der Waals surface area contributed by atoms with E-state index >= 15 is 0 Å². The molecule has 0 amide bonds. The van der Waals surface area contributed by atoms with Gasteiger partial charge in [-0.05, 0) is 0 Å². The lowest BCUT2D eigenvalue weighted by Crippen LogP contribution is -2.11. The molecule has 0 aliphatic carbocycles. The van der Waals surface area contributed by atoms with Crippen LogP contribution in [0.2, 0.25) is 0 Å². The first kappa shape index (κ1) is 14.4. The third-order valence-corrected chi connectivity index (χ3v) is 1.98. The number of carbonyl (C=O) groups excluding carboxylic acids is 1. The Bertz CT molecular complexity index is 147. The van der Waals surface area contributed by atoms with Crippen molar-refractivity contribution in [1.82, 2.24) is 0 Å². The van der Waals surface area contributed by atoms with Crippen LogP contribution in [-0.2, 0) is 9.47 Å². The van der Waals surface area contributed by atoms with Gasteiger partial charge >= 0.3 is 6.16 Å². The Hall–Kier alpha value is 0.430. The van der Waals surface area contributed by atoms with E-state index in [4.69, 9.17) is 46.4 Å². The Morgan fingerprint density at radius 3 is 1.57 bits per heavy atom. The van der Waals surface area contributed by atoms with Crippen LogP contribution in [0.3, 0.4) is 0 Å². The molecule has 0 aliphatic rings. The second kappa shape index (κ2) is 8.72. The predicted octanol–water partition coefficient (Wildman–Crippen LogP) is 3.53. The Morgan fingerprint density at radius 2 is 1.29 bits per heavy atom. The zero-order valence-corrected chi connectivity index (χ0v) is 10.2. The molecular formula is C7H10Cl4O3. The van der Waals surface area contributed by atoms with E-state index < -0.39 is 15.8 Å². The second-order valence-electron chi connectivity index (χ2n) is 2.31. The lowest BCUT2D eigenvalue weighted by molar-refractivity contribution is 0.0550. The second-order valence-corrected chi connectivity index (χ2v) is 4.86. The van der Waals surface area contributed by atoms with Gasteiger partial charge in [0.05, 0.1) is 13.2 Å². The third-order valence-electron chi connectivity index (χ3n) is 1.11. The minimum Gasteiger partial charge on any atom is -0.434 e. The van der Waals surface area contributed by atoms with Crippen LogP contribution in [0.1, 0.15) is 12.8 Å². The summed E-state index contributed by atoms with van der Waals surface area (Å²) in [5, 5.41) is 0. The highest BCUT2D eigenvalue weighted by molar-refractivity contribution is 6.44. The van der Waals surface area contributed by atoms with Gasteiger partial charge in [0, 0.05) is 12.8 Å². The highest BCUT2D eigenvalue weighted by Crippen LogP contribution is 2.08. The summed E-state index contributed by atoms with van der Waals surface area (Å²) in [6.07, 6.45) is -0.0366. The molecular weight excluding hydrogens is 274 g/mol. The van der Waals surface area contributed by atoms with Crippen molar-refractivity contribution in [2.45, 2.75) is 22.5 Å². The first-order valence-electron chi connectivity index (χ1n) is 3.88. The molecule has 0 unspecified atom stereocenters. The molecule has 0 bridgehead atoms. The molecule has 14 heavy (non-hydrogen) atoms. The third kappa shape index (κ3) is 10.5. The molecule has 0 atom stereocenters. The maximum absolute atomic E-state index is 10.8. The SMILES string of the molecule is O=C(OCCC(Cl)Cl)OCCC(Cl)Cl. The zero-order chi connectivity index (χ0) is 11.0. The lowest BCUT2D eigenvalue weighted by atomic mass is 10.5. The Balaban J connectivity index is 3.28. The topological polar surface area (TPSA) is 35.5 Å². The quantitative estimate of drug-likeness (QED) is 0.553. The lowest BCUT2D eigenvalue weighted by Gasteiger charge is -2.06. The fourth-order valence-corrected chi connectivity index (χ4v) is 0.861. The Labute approximate surface area is 103 Å². The van der Waals surface area contributed by atoms with Crippen molar-refractivity contribution < 1.29 is 14.3 Å². The largest absolute Gasteiger partial charge is 0.508 e. The number of rotatable bonds is 6. The standard InChI is InChI=1S/C7H10Cl4O3/c8-5(9)1-3-13-7(12)14-4-2-6(10)11/h5-6H,1-4H2. The van der Waals surface area contributed by atoms with Crippen LogP contribution < -0.4 is 0 Å². The van der Waals surface area contributed by atoms with Gasteiger partial charge in [0.25, 0.3) is 0 Å². The van der Waals surface area contributed by atoms with E-state index in [1.165, 1.54) is 0 Å². The van der Waals surface area contributed by atoms with Crippen LogP contribution in [0.4, 0.5) is 4.79 Å². The molecule has 0 rings (SSSR count). The first-order chi connectivity index (χ1) is 6.52. The highest BCUT2D eigenvalue weighted by Gasteiger charge is 2.06. The van der Waals surface area contributed by atoms with Crippen LogP contribution in [0.25, 0.3) is 0 Å². The number of hydrogen-bond donors (Lipinski definition) is 0. The normalized spacial score (nSPS) is 10.7. The predicted molar refractivity (Wildman–Crippen MR) is 57.5 cm³/mol. The van der Waals surface area contributed by atoms with Crippen molar-refractivity contribution in [2.24, 2.45) is 0 Å². The molecule has 0 spiro atoms. The summed E-state index contributed by atoms with van der Waals surface area (Å²) >= 11 is 21.6. The maximum Gasteiger partial charge on any atom is 0.508 e. The Kier molecular flexibility index (Phi) is 8.98. The van der Waals surface area contributed by atoms with E-state index in [9.17, 15) is 4.79 Å². The van der Waals surface area contributed by atoms with Crippen LogP contribution in [0.15, 0.2) is 0 Å². The molecule has 0 saturated carbocycles. The minimum absolute atomic E-state index is 0.127. The monoisotopic (exact) mass is 282 g/mol. The molecule has 0 aromatic heterocycles. The molecule has 0 aromatic rings. The number of carbonyl (C=O) groups is 1. The molecule has 84 valence electrons. The molecule has 0 aliphatic heterocycles. The van der Waals surface area contributed by atoms with Crippen molar-refractivity contribution in [3.63, 3.8) is 0 Å². The first-order valence-corrected chi connectivity index (χ1v) is 5.62. The number of ether oxygens (including phenoxy) is 2. The summed E-state index contributed by atoms with van der Waals surface area (Å²) < 4.78 is 9.24. The van der Waals surface area contributed by atoms with Gasteiger partial charge in [-0.2, -0.15) is 0 Å². The van der Waals surface area contributed by atoms with E-state index in [-0.39, 0.29) is 13.2 Å². The van der Waals surface area contributed by atoms with Gasteiger partial charge in [-0.1, -0.05) is 0 Å². The summed E-state index contributed by atoms with van der Waals surface area (Å²) in [7, 11) is 0. The summed E-state index contributed by atoms with van der Waals surface area (Å²) in [4.78, 5) is 9.70. The molecule has 0 fully saturated rings. The van der Waals surface area contributed by atoms with Gasteiger partial charge in [-0.15, -0.1) is 46.4 Å². The van der Waals surface area contributed by atoms with E-state index in [1.54, 1.807) is 0 Å². The fourth-order valence-electron chi connectivity index (χ4n) is 0.504. The van der Waals surface area contributed by atoms with E-state index in [2.05, 4.69) is 9.47 Å². The van der Waals surface area contributed by atoms with Crippen LogP contribution in [0.5, 0.6) is 0 Å². The van der Waals surface area contributed by atoms with Crippen molar-refractivity contribution in [3.8, 4) is 0 Å². The molecule has 0 saturated heterocycles. The molecule has 0 heterocycles. The van der Waals surface area contributed by atoms with Gasteiger partial charge in [-0.25, -0.2) is 4.79 Å². The molecule has 0 aromatic carbocycles. The van der Waals surface area contributed by atoms with Crippen LogP contribution >= 0.6 is 46.4 Å². The summed E-state index contributed by atoms with van der Waals surface area (Å²) in [6, 6.07) is 0. The van der Waals surface area contributed by atoms with Crippen LogP contribution in [0, 0.1) is 0 Å². The van der Waals surface area contributed by atoms with Gasteiger partial charge in [0.1, 0.15) is 9.67 Å². The summed E-state index contributed by atoms with van der Waals surface area (Å²) in [5.74, 6) is 0. The smallest absolute Gasteiger partial charge is 0.434 e. The van der Waals surface area contributed by atoms with Gasteiger partial charge in [-0.3, -0.25) is 0 Å². The number of hydrogen-bond acceptors (Lipinski definition) is 3. The minimum atomic E-state index is -0.770. The molecule has 7 heteroatoms. The average Bonchev–Trinajstić information content (AvgIpc) is 2.02. The highest BCUT2D eigenvalue weighted by atomic mass is 35.5. The summed E-state index contributed by atoms with van der Waals surface area (Å²) in [5.41, 5.74) is 0. The van der Waals surface area contributed by atoms with E-state index in [0.29, 0.717) is 12.8 Å². The zero-order valence-electron chi connectivity index (χ0n) is 7.22. The van der Waals surface area contributed by atoms with Gasteiger partial charge in [0.15, 0.2) is 0 Å². The molecule has 0 N–H and O–H groups in total. The van der Waals surface area contributed by atoms with Crippen LogP contribution in [-0.4, -0.2) is 29.0 Å². The number of alkyl halides is 4.